The molecule has 0 spiro atoms. The zero-order chi connectivity index (χ0) is 10.6. The number of nitrogens with zero attached hydrogens (tertiary/aromatic N) is 1. The molecule has 0 heterocycles. The summed E-state index contributed by atoms with van der Waals surface area (Å²) in [6.07, 6.45) is 1.05. The van der Waals surface area contributed by atoms with Crippen LogP contribution < -0.4 is 10.7 Å². The van der Waals surface area contributed by atoms with E-state index in [1.807, 2.05) is 6.92 Å². The van der Waals surface area contributed by atoms with Crippen LogP contribution in [0.2, 0.25) is 0 Å². The van der Waals surface area contributed by atoms with Gasteiger partial charge in [0.15, 0.2) is 5.11 Å². The molecule has 1 aliphatic rings. The molecule has 78 valence electrons. The van der Waals surface area contributed by atoms with Crippen LogP contribution in [0.4, 0.5) is 0 Å². The fraction of sp³-hybridized carbons (Fsp3) is 0.625. The number of hydrogen-bond donors (Lipinski definition) is 3. The van der Waals surface area contributed by atoms with E-state index in [0.717, 1.165) is 12.3 Å². The van der Waals surface area contributed by atoms with Gasteiger partial charge >= 0.3 is 5.97 Å². The van der Waals surface area contributed by atoms with Gasteiger partial charge < -0.3 is 10.4 Å². The van der Waals surface area contributed by atoms with E-state index in [-0.39, 0.29) is 5.92 Å². The van der Waals surface area contributed by atoms with Crippen LogP contribution in [0, 0.1) is 5.92 Å². The zero-order valence-electron chi connectivity index (χ0n) is 7.91. The van der Waals surface area contributed by atoms with Gasteiger partial charge in [-0.2, -0.15) is 5.10 Å². The van der Waals surface area contributed by atoms with Gasteiger partial charge in [0.25, 0.3) is 0 Å². The van der Waals surface area contributed by atoms with Crippen molar-refractivity contribution in [3.8, 4) is 0 Å². The quantitative estimate of drug-likeness (QED) is 0.467. The molecule has 5 nitrogen and oxygen atoms in total. The molecule has 0 atom stereocenters. The van der Waals surface area contributed by atoms with E-state index in [9.17, 15) is 4.79 Å². The Morgan fingerprint density at radius 1 is 1.71 bits per heavy atom. The molecule has 0 bridgehead atoms. The molecule has 1 aliphatic carbocycles. The summed E-state index contributed by atoms with van der Waals surface area (Å²) in [7, 11) is 0. The fourth-order valence-corrected chi connectivity index (χ4v) is 1.29. The van der Waals surface area contributed by atoms with Crippen molar-refractivity contribution in [3.63, 3.8) is 0 Å². The van der Waals surface area contributed by atoms with Crippen LogP contribution in [0.1, 0.15) is 19.8 Å². The average molecular weight is 215 g/mol. The van der Waals surface area contributed by atoms with Crippen molar-refractivity contribution in [2.75, 3.05) is 6.54 Å². The minimum absolute atomic E-state index is 0.261. The molecule has 14 heavy (non-hydrogen) atoms. The van der Waals surface area contributed by atoms with E-state index in [0.29, 0.717) is 18.0 Å². The molecule has 6 heteroatoms. The van der Waals surface area contributed by atoms with E-state index in [1.165, 1.54) is 0 Å². The molecule has 0 aromatic rings. The lowest BCUT2D eigenvalue weighted by Crippen LogP contribution is -2.36. The number of hydrazone groups is 1. The van der Waals surface area contributed by atoms with Crippen LogP contribution >= 0.6 is 12.2 Å². The molecule has 1 fully saturated rings. The average Bonchev–Trinajstić information content (AvgIpc) is 2.01. The molecule has 1 saturated carbocycles. The second kappa shape index (κ2) is 4.90. The maximum Gasteiger partial charge on any atom is 0.307 e. The normalized spacial score (nSPS) is 19.5. The third-order valence-corrected chi connectivity index (χ3v) is 2.20. The Kier molecular flexibility index (Phi) is 3.82. The van der Waals surface area contributed by atoms with E-state index >= 15 is 0 Å². The third kappa shape index (κ3) is 2.95. The van der Waals surface area contributed by atoms with E-state index in [4.69, 9.17) is 17.3 Å². The number of carbonyl (C=O) groups is 1. The maximum atomic E-state index is 10.5. The Labute approximate surface area is 87.6 Å². The van der Waals surface area contributed by atoms with Crippen molar-refractivity contribution >= 4 is 29.0 Å². The summed E-state index contributed by atoms with van der Waals surface area (Å²) in [6.45, 7) is 2.68. The minimum Gasteiger partial charge on any atom is -0.481 e. The lowest BCUT2D eigenvalue weighted by atomic mass is 9.83. The predicted molar refractivity (Wildman–Crippen MR) is 57.2 cm³/mol. The number of carboxylic acid groups (broad SMARTS) is 1. The molecular formula is C8H13N3O2S. The van der Waals surface area contributed by atoms with Crippen LogP contribution in [0.5, 0.6) is 0 Å². The molecule has 3 N–H and O–H groups in total. The third-order valence-electron chi connectivity index (χ3n) is 1.97. The van der Waals surface area contributed by atoms with Gasteiger partial charge in [-0.15, -0.1) is 0 Å². The van der Waals surface area contributed by atoms with E-state index in [2.05, 4.69) is 15.8 Å². The highest BCUT2D eigenvalue weighted by atomic mass is 32.1. The highest BCUT2D eigenvalue weighted by Crippen LogP contribution is 2.23. The fourth-order valence-electron chi connectivity index (χ4n) is 1.10. The van der Waals surface area contributed by atoms with Crippen molar-refractivity contribution < 1.29 is 9.90 Å². The van der Waals surface area contributed by atoms with Crippen molar-refractivity contribution in [1.82, 2.24) is 10.7 Å². The van der Waals surface area contributed by atoms with Crippen LogP contribution in [0.3, 0.4) is 0 Å². The smallest absolute Gasteiger partial charge is 0.307 e. The van der Waals surface area contributed by atoms with Gasteiger partial charge in [-0.3, -0.25) is 10.2 Å². The summed E-state index contributed by atoms with van der Waals surface area (Å²) < 4.78 is 0. The van der Waals surface area contributed by atoms with E-state index < -0.39 is 5.97 Å². The van der Waals surface area contributed by atoms with Gasteiger partial charge in [-0.25, -0.2) is 0 Å². The molecule has 0 aromatic heterocycles. The molecule has 0 radical (unpaired) electrons. The molecule has 0 amide bonds. The van der Waals surface area contributed by atoms with E-state index in [1.54, 1.807) is 0 Å². The van der Waals surface area contributed by atoms with Crippen molar-refractivity contribution in [3.05, 3.63) is 0 Å². The number of thiocarbonyl (C=S) groups is 1. The Morgan fingerprint density at radius 2 is 2.36 bits per heavy atom. The van der Waals surface area contributed by atoms with Gasteiger partial charge in [-0.05, 0) is 19.1 Å². The Balaban J connectivity index is 2.23. The van der Waals surface area contributed by atoms with Gasteiger partial charge in [0.05, 0.1) is 5.92 Å². The predicted octanol–water partition coefficient (Wildman–Crippen LogP) is 0.321. The lowest BCUT2D eigenvalue weighted by molar-refractivity contribution is -0.142. The van der Waals surface area contributed by atoms with Crippen molar-refractivity contribution in [2.45, 2.75) is 19.8 Å². The Hall–Kier alpha value is -1.17. The number of carboxylic acids is 1. The first-order valence-electron chi connectivity index (χ1n) is 4.45. The van der Waals surface area contributed by atoms with Crippen molar-refractivity contribution in [1.29, 1.82) is 0 Å². The van der Waals surface area contributed by atoms with Gasteiger partial charge in [0.1, 0.15) is 0 Å². The van der Waals surface area contributed by atoms with Gasteiger partial charge in [-0.1, -0.05) is 0 Å². The van der Waals surface area contributed by atoms with Crippen molar-refractivity contribution in [2.24, 2.45) is 11.0 Å². The molecule has 0 aromatic carbocycles. The summed E-state index contributed by atoms with van der Waals surface area (Å²) in [6, 6.07) is 0. The second-order valence-electron chi connectivity index (χ2n) is 3.09. The number of rotatable bonds is 3. The number of nitrogens with one attached hydrogen (secondary N) is 2. The second-order valence-corrected chi connectivity index (χ2v) is 3.50. The largest absolute Gasteiger partial charge is 0.481 e. The monoisotopic (exact) mass is 215 g/mol. The highest BCUT2D eigenvalue weighted by molar-refractivity contribution is 7.80. The molecule has 0 aliphatic heterocycles. The molecular weight excluding hydrogens is 202 g/mol. The van der Waals surface area contributed by atoms with Gasteiger partial charge in [0.2, 0.25) is 0 Å². The summed E-state index contributed by atoms with van der Waals surface area (Å²) in [5.74, 6) is -1.01. The SMILES string of the molecule is CCNC(=S)NN=C1CC(C(=O)O)C1. The number of hydrogen-bond acceptors (Lipinski definition) is 3. The minimum atomic E-state index is -0.752. The Bertz CT molecular complexity index is 270. The first kappa shape index (κ1) is 10.9. The summed E-state index contributed by atoms with van der Waals surface area (Å²) in [5, 5.41) is 15.9. The topological polar surface area (TPSA) is 73.7 Å². The Morgan fingerprint density at radius 3 is 2.86 bits per heavy atom. The molecule has 0 unspecified atom stereocenters. The summed E-state index contributed by atoms with van der Waals surface area (Å²) >= 11 is 4.88. The summed E-state index contributed by atoms with van der Waals surface area (Å²) in [5.41, 5.74) is 3.52. The zero-order valence-corrected chi connectivity index (χ0v) is 8.73. The van der Waals surface area contributed by atoms with Crippen LogP contribution in [-0.4, -0.2) is 28.4 Å². The van der Waals surface area contributed by atoms with Crippen LogP contribution in [0.15, 0.2) is 5.10 Å². The molecule has 1 rings (SSSR count). The highest BCUT2D eigenvalue weighted by Gasteiger charge is 2.30. The lowest BCUT2D eigenvalue weighted by Gasteiger charge is -2.23. The summed E-state index contributed by atoms with van der Waals surface area (Å²) in [4.78, 5) is 10.5. The van der Waals surface area contributed by atoms with Crippen LogP contribution in [-0.2, 0) is 4.79 Å². The standard InChI is InChI=1S/C8H13N3O2S/c1-2-9-8(14)11-10-6-3-5(4-6)7(12)13/h5H,2-4H2,1H3,(H,12,13)(H2,9,11,14). The first-order chi connectivity index (χ1) is 6.63. The van der Waals surface area contributed by atoms with Gasteiger partial charge in [0, 0.05) is 25.1 Å². The maximum absolute atomic E-state index is 10.5. The number of aliphatic carboxylic acids is 1. The molecule has 0 saturated heterocycles. The first-order valence-corrected chi connectivity index (χ1v) is 4.86. The van der Waals surface area contributed by atoms with Crippen LogP contribution in [0.25, 0.3) is 0 Å².